The molecule has 0 bridgehead atoms. The van der Waals surface area contributed by atoms with Crippen LogP contribution in [0.1, 0.15) is 43.7 Å². The van der Waals surface area contributed by atoms with Crippen LogP contribution in [0.4, 0.5) is 5.82 Å². The first kappa shape index (κ1) is 19.0. The second-order valence-corrected chi connectivity index (χ2v) is 7.58. The Kier molecular flexibility index (Phi) is 6.38. The number of rotatable bonds is 6. The molecule has 2 aromatic rings. The van der Waals surface area contributed by atoms with Crippen molar-refractivity contribution in [1.82, 2.24) is 10.3 Å². The molecule has 1 fully saturated rings. The highest BCUT2D eigenvalue weighted by molar-refractivity contribution is 6.32. The molecule has 26 heavy (non-hydrogen) atoms. The number of ether oxygens (including phenoxy) is 1. The zero-order valence-electron chi connectivity index (χ0n) is 15.8. The first-order valence-corrected chi connectivity index (χ1v) is 9.72. The molecule has 1 aliphatic rings. The number of hydrogen-bond acceptors (Lipinski definition) is 4. The van der Waals surface area contributed by atoms with Crippen molar-refractivity contribution in [3.8, 4) is 5.75 Å². The van der Waals surface area contributed by atoms with Crippen LogP contribution in [0.25, 0.3) is 0 Å². The van der Waals surface area contributed by atoms with Gasteiger partial charge in [0.05, 0.1) is 12.1 Å². The second kappa shape index (κ2) is 8.74. The summed E-state index contributed by atoms with van der Waals surface area (Å²) < 4.78 is 5.59. The number of nitrogens with one attached hydrogen (secondary N) is 1. The lowest BCUT2D eigenvalue weighted by molar-refractivity contribution is 0.390. The van der Waals surface area contributed by atoms with E-state index in [4.69, 9.17) is 16.3 Å². The molecule has 1 aromatic heterocycles. The average molecular weight is 374 g/mol. The minimum Gasteiger partial charge on any atom is -0.496 e. The van der Waals surface area contributed by atoms with Crippen LogP contribution < -0.4 is 15.0 Å². The van der Waals surface area contributed by atoms with Crippen molar-refractivity contribution in [3.63, 3.8) is 0 Å². The number of piperidine rings is 1. The molecule has 4 nitrogen and oxygen atoms in total. The van der Waals surface area contributed by atoms with Gasteiger partial charge in [0.1, 0.15) is 11.6 Å². The van der Waals surface area contributed by atoms with E-state index >= 15 is 0 Å². The molecule has 1 aliphatic heterocycles. The zero-order valence-corrected chi connectivity index (χ0v) is 16.6. The SMILES string of the molecule is COc1cc(C(C)C)ccc1CNC1CCN(c2ncccc2Cl)CC1. The minimum absolute atomic E-state index is 0.503. The molecule has 1 saturated heterocycles. The van der Waals surface area contributed by atoms with Crippen molar-refractivity contribution in [2.24, 2.45) is 0 Å². The van der Waals surface area contributed by atoms with Gasteiger partial charge in [-0.2, -0.15) is 0 Å². The Hall–Kier alpha value is -1.78. The third-order valence-corrected chi connectivity index (χ3v) is 5.39. The number of hydrogen-bond donors (Lipinski definition) is 1. The van der Waals surface area contributed by atoms with Gasteiger partial charge in [-0.25, -0.2) is 4.98 Å². The standard InChI is InChI=1S/C21H28ClN3O/c1-15(2)16-6-7-17(20(13-16)26-3)14-24-18-8-11-25(12-9-18)21-19(22)5-4-10-23-21/h4-7,10,13,15,18,24H,8-9,11-12,14H2,1-3H3. The molecule has 0 radical (unpaired) electrons. The summed E-state index contributed by atoms with van der Waals surface area (Å²) in [6.07, 6.45) is 3.97. The zero-order chi connectivity index (χ0) is 18.5. The van der Waals surface area contributed by atoms with Crippen LogP contribution in [0.3, 0.4) is 0 Å². The summed E-state index contributed by atoms with van der Waals surface area (Å²) >= 11 is 6.27. The van der Waals surface area contributed by atoms with Crippen LogP contribution in [0.15, 0.2) is 36.5 Å². The molecule has 1 aromatic carbocycles. The monoisotopic (exact) mass is 373 g/mol. The van der Waals surface area contributed by atoms with Gasteiger partial charge in [0, 0.05) is 37.4 Å². The molecule has 1 N–H and O–H groups in total. The van der Waals surface area contributed by atoms with Crippen LogP contribution in [-0.2, 0) is 6.54 Å². The lowest BCUT2D eigenvalue weighted by atomic mass is 10.00. The Labute approximate surface area is 161 Å². The Morgan fingerprint density at radius 3 is 2.69 bits per heavy atom. The molecular weight excluding hydrogens is 346 g/mol. The Morgan fingerprint density at radius 2 is 2.04 bits per heavy atom. The van der Waals surface area contributed by atoms with E-state index in [0.29, 0.717) is 12.0 Å². The van der Waals surface area contributed by atoms with Crippen LogP contribution in [0.5, 0.6) is 5.75 Å². The van der Waals surface area contributed by atoms with E-state index in [9.17, 15) is 0 Å². The largest absolute Gasteiger partial charge is 0.496 e. The third kappa shape index (κ3) is 4.49. The summed E-state index contributed by atoms with van der Waals surface area (Å²) in [5.74, 6) is 2.38. The maximum absolute atomic E-state index is 6.27. The third-order valence-electron chi connectivity index (χ3n) is 5.09. The van der Waals surface area contributed by atoms with Gasteiger partial charge >= 0.3 is 0 Å². The normalized spacial score (nSPS) is 15.5. The lowest BCUT2D eigenvalue weighted by Crippen LogP contribution is -2.42. The van der Waals surface area contributed by atoms with Crippen LogP contribution in [-0.4, -0.2) is 31.2 Å². The minimum atomic E-state index is 0.503. The molecule has 2 heterocycles. The fourth-order valence-corrected chi connectivity index (χ4v) is 3.67. The van der Waals surface area contributed by atoms with Gasteiger partial charge in [-0.3, -0.25) is 0 Å². The Morgan fingerprint density at radius 1 is 1.27 bits per heavy atom. The first-order chi connectivity index (χ1) is 12.6. The van der Waals surface area contributed by atoms with Gasteiger partial charge in [-0.15, -0.1) is 0 Å². The Balaban J connectivity index is 1.55. The molecule has 5 heteroatoms. The van der Waals surface area contributed by atoms with Crippen molar-refractivity contribution in [2.75, 3.05) is 25.1 Å². The maximum Gasteiger partial charge on any atom is 0.147 e. The highest BCUT2D eigenvalue weighted by Crippen LogP contribution is 2.27. The summed E-state index contributed by atoms with van der Waals surface area (Å²) in [6.45, 7) is 7.18. The van der Waals surface area contributed by atoms with Gasteiger partial charge in [0.15, 0.2) is 0 Å². The molecule has 0 saturated carbocycles. The number of benzene rings is 1. The van der Waals surface area contributed by atoms with Gasteiger partial charge in [0.25, 0.3) is 0 Å². The van der Waals surface area contributed by atoms with E-state index in [1.165, 1.54) is 11.1 Å². The molecule has 0 atom stereocenters. The maximum atomic E-state index is 6.27. The van der Waals surface area contributed by atoms with Crippen LogP contribution in [0, 0.1) is 0 Å². The highest BCUT2D eigenvalue weighted by Gasteiger charge is 2.21. The first-order valence-electron chi connectivity index (χ1n) is 9.34. The van der Waals surface area contributed by atoms with E-state index in [1.54, 1.807) is 13.3 Å². The highest BCUT2D eigenvalue weighted by atomic mass is 35.5. The Bertz CT molecular complexity index is 727. The average Bonchev–Trinajstić information content (AvgIpc) is 2.67. The number of nitrogens with zero attached hydrogens (tertiary/aromatic N) is 2. The summed E-state index contributed by atoms with van der Waals surface area (Å²) in [6, 6.07) is 10.8. The van der Waals surface area contributed by atoms with E-state index in [-0.39, 0.29) is 0 Å². The van der Waals surface area contributed by atoms with Crippen LogP contribution >= 0.6 is 11.6 Å². The van der Waals surface area contributed by atoms with Crippen molar-refractivity contribution in [2.45, 2.75) is 45.2 Å². The number of aromatic nitrogens is 1. The van der Waals surface area contributed by atoms with Crippen molar-refractivity contribution in [1.29, 1.82) is 0 Å². The molecule has 0 amide bonds. The lowest BCUT2D eigenvalue weighted by Gasteiger charge is -2.33. The van der Waals surface area contributed by atoms with E-state index in [2.05, 4.69) is 47.2 Å². The molecule has 0 unspecified atom stereocenters. The number of anilines is 1. The van der Waals surface area contributed by atoms with Gasteiger partial charge < -0.3 is 15.0 Å². The molecule has 3 rings (SSSR count). The van der Waals surface area contributed by atoms with Crippen molar-refractivity contribution in [3.05, 3.63) is 52.7 Å². The number of methoxy groups -OCH3 is 1. The molecular formula is C21H28ClN3O. The van der Waals surface area contributed by atoms with Gasteiger partial charge in [-0.1, -0.05) is 37.6 Å². The number of pyridine rings is 1. The topological polar surface area (TPSA) is 37.4 Å². The summed E-state index contributed by atoms with van der Waals surface area (Å²) in [5.41, 5.74) is 2.53. The molecule has 0 aliphatic carbocycles. The van der Waals surface area contributed by atoms with E-state index in [0.717, 1.165) is 49.1 Å². The van der Waals surface area contributed by atoms with E-state index in [1.807, 2.05) is 12.1 Å². The molecule has 0 spiro atoms. The summed E-state index contributed by atoms with van der Waals surface area (Å²) in [7, 11) is 1.75. The second-order valence-electron chi connectivity index (χ2n) is 7.18. The summed E-state index contributed by atoms with van der Waals surface area (Å²) in [4.78, 5) is 6.70. The number of halogens is 1. The van der Waals surface area contributed by atoms with Gasteiger partial charge in [0.2, 0.25) is 0 Å². The molecule has 140 valence electrons. The van der Waals surface area contributed by atoms with Crippen molar-refractivity contribution < 1.29 is 4.74 Å². The van der Waals surface area contributed by atoms with E-state index < -0.39 is 0 Å². The fourth-order valence-electron chi connectivity index (χ4n) is 3.43. The predicted molar refractivity (Wildman–Crippen MR) is 108 cm³/mol. The quantitative estimate of drug-likeness (QED) is 0.801. The smallest absolute Gasteiger partial charge is 0.147 e. The van der Waals surface area contributed by atoms with Crippen molar-refractivity contribution >= 4 is 17.4 Å². The van der Waals surface area contributed by atoms with Gasteiger partial charge in [-0.05, 0) is 42.5 Å². The fraction of sp³-hybridized carbons (Fsp3) is 0.476. The van der Waals surface area contributed by atoms with Crippen LogP contribution in [0.2, 0.25) is 5.02 Å². The summed E-state index contributed by atoms with van der Waals surface area (Å²) in [5, 5.41) is 4.42. The predicted octanol–water partition coefficient (Wildman–Crippen LogP) is 4.63.